The number of hydrogen-bond donors (Lipinski definition) is 1. The molecule has 3 aromatic rings. The maximum atomic E-state index is 12.4. The number of carbonyl (C=O) groups excluding carboxylic acids is 1. The van der Waals surface area contributed by atoms with Crippen molar-refractivity contribution in [3.63, 3.8) is 0 Å². The number of hydrogen-bond acceptors (Lipinski definition) is 8. The van der Waals surface area contributed by atoms with Gasteiger partial charge in [-0.1, -0.05) is 6.07 Å². The number of aromatic nitrogens is 3. The Morgan fingerprint density at radius 1 is 1.06 bits per heavy atom. The van der Waals surface area contributed by atoms with Gasteiger partial charge in [0.1, 0.15) is 17.8 Å². The summed E-state index contributed by atoms with van der Waals surface area (Å²) in [4.78, 5) is 25.0. The molecule has 0 atom stereocenters. The molecule has 164 valence electrons. The number of nitrogens with one attached hydrogen (secondary N) is 1. The van der Waals surface area contributed by atoms with Crippen LogP contribution < -0.4 is 14.8 Å². The van der Waals surface area contributed by atoms with Crippen molar-refractivity contribution in [3.05, 3.63) is 67.4 Å². The number of carbonyl (C=O) groups is 1. The summed E-state index contributed by atoms with van der Waals surface area (Å²) < 4.78 is 34.6. The van der Waals surface area contributed by atoms with Gasteiger partial charge in [-0.2, -0.15) is 8.78 Å². The molecular formula is C22H19F2N5O3. The molecule has 1 aliphatic rings. The number of alkyl halides is 2. The number of halogens is 2. The number of nitrogens with zero attached hydrogens (tertiary/aromatic N) is 4. The first-order valence-corrected chi connectivity index (χ1v) is 9.72. The first kappa shape index (κ1) is 21.2. The highest BCUT2D eigenvalue weighted by Gasteiger charge is 2.23. The smallest absolute Gasteiger partial charge is 0.387 e. The summed E-state index contributed by atoms with van der Waals surface area (Å²) in [6.07, 6.45) is 10.6. The van der Waals surface area contributed by atoms with E-state index < -0.39 is 6.61 Å². The van der Waals surface area contributed by atoms with E-state index >= 15 is 0 Å². The number of likely N-dealkylation sites (tertiary alicyclic amines) is 1. The molecule has 0 aliphatic carbocycles. The molecule has 1 aliphatic heterocycles. The fourth-order valence-electron chi connectivity index (χ4n) is 3.13. The van der Waals surface area contributed by atoms with Crippen molar-refractivity contribution in [3.8, 4) is 28.6 Å². The molecule has 2 aromatic heterocycles. The maximum Gasteiger partial charge on any atom is 0.387 e. The van der Waals surface area contributed by atoms with Gasteiger partial charge in [-0.3, -0.25) is 9.78 Å². The molecule has 0 amide bonds. The highest BCUT2D eigenvalue weighted by Crippen LogP contribution is 2.26. The average Bonchev–Trinajstić information content (AvgIpc) is 2.76. The van der Waals surface area contributed by atoms with E-state index in [-0.39, 0.29) is 23.6 Å². The zero-order valence-electron chi connectivity index (χ0n) is 16.8. The standard InChI is InChI=1S/C22H19F2N5O3/c23-21(24)31-19-3-1-4-20(8-19)32-22-26-10-16(11-27-22)15-7-17(12-25-9-15)28-18-13-29(14-18)5-2-6-30/h1-12,18,21,28H,13-14H2. The molecule has 0 radical (unpaired) electrons. The van der Waals surface area contributed by atoms with E-state index in [0.29, 0.717) is 0 Å². The minimum Gasteiger partial charge on any atom is -0.435 e. The molecule has 0 unspecified atom stereocenters. The Hall–Kier alpha value is -4.08. The first-order valence-electron chi connectivity index (χ1n) is 9.72. The Bertz CT molecular complexity index is 1090. The monoisotopic (exact) mass is 439 g/mol. The Labute approximate surface area is 182 Å². The van der Waals surface area contributed by atoms with Crippen molar-refractivity contribution in [2.24, 2.45) is 0 Å². The van der Waals surface area contributed by atoms with Crippen LogP contribution in [0.1, 0.15) is 0 Å². The Balaban J connectivity index is 1.37. The molecule has 1 aromatic carbocycles. The van der Waals surface area contributed by atoms with Crippen LogP contribution in [0.4, 0.5) is 14.5 Å². The number of aldehydes is 1. The summed E-state index contributed by atoms with van der Waals surface area (Å²) in [5, 5.41) is 3.40. The Kier molecular flexibility index (Phi) is 6.49. The largest absolute Gasteiger partial charge is 0.435 e. The van der Waals surface area contributed by atoms with E-state index in [9.17, 15) is 13.6 Å². The van der Waals surface area contributed by atoms with Crippen molar-refractivity contribution in [1.29, 1.82) is 0 Å². The van der Waals surface area contributed by atoms with Crippen molar-refractivity contribution in [1.82, 2.24) is 19.9 Å². The molecule has 1 saturated heterocycles. The first-order chi connectivity index (χ1) is 15.6. The van der Waals surface area contributed by atoms with Gasteiger partial charge in [-0.15, -0.1) is 0 Å². The molecule has 10 heteroatoms. The van der Waals surface area contributed by atoms with Gasteiger partial charge in [0.05, 0.1) is 11.7 Å². The second-order valence-corrected chi connectivity index (χ2v) is 6.94. The number of ether oxygens (including phenoxy) is 2. The van der Waals surface area contributed by atoms with Crippen LogP contribution >= 0.6 is 0 Å². The highest BCUT2D eigenvalue weighted by atomic mass is 19.3. The van der Waals surface area contributed by atoms with Gasteiger partial charge in [-0.05, 0) is 24.3 Å². The summed E-state index contributed by atoms with van der Waals surface area (Å²) in [6.45, 7) is -1.32. The molecule has 1 N–H and O–H groups in total. The topological polar surface area (TPSA) is 89.5 Å². The Morgan fingerprint density at radius 3 is 2.59 bits per heavy atom. The Morgan fingerprint density at radius 2 is 1.84 bits per heavy atom. The third kappa shape index (κ3) is 5.54. The van der Waals surface area contributed by atoms with Crippen LogP contribution in [0.3, 0.4) is 0 Å². The molecule has 0 bridgehead atoms. The van der Waals surface area contributed by atoms with Crippen LogP contribution in [-0.2, 0) is 4.79 Å². The van der Waals surface area contributed by atoms with Gasteiger partial charge in [0.15, 0.2) is 0 Å². The van der Waals surface area contributed by atoms with E-state index in [4.69, 9.17) is 4.74 Å². The van der Waals surface area contributed by atoms with E-state index in [1.165, 1.54) is 24.3 Å². The van der Waals surface area contributed by atoms with Gasteiger partial charge in [0.2, 0.25) is 0 Å². The minimum atomic E-state index is -2.91. The van der Waals surface area contributed by atoms with Gasteiger partial charge < -0.3 is 19.7 Å². The second-order valence-electron chi connectivity index (χ2n) is 6.94. The number of pyridine rings is 1. The van der Waals surface area contributed by atoms with Crippen molar-refractivity contribution < 1.29 is 23.0 Å². The summed E-state index contributed by atoms with van der Waals surface area (Å²) in [7, 11) is 0. The lowest BCUT2D eigenvalue weighted by Gasteiger charge is -2.39. The summed E-state index contributed by atoms with van der Waals surface area (Å²) >= 11 is 0. The molecule has 0 spiro atoms. The van der Waals surface area contributed by atoms with Crippen LogP contribution in [0, 0.1) is 0 Å². The highest BCUT2D eigenvalue weighted by molar-refractivity contribution is 5.66. The lowest BCUT2D eigenvalue weighted by Crippen LogP contribution is -2.51. The van der Waals surface area contributed by atoms with Gasteiger partial charge >= 0.3 is 12.6 Å². The summed E-state index contributed by atoms with van der Waals surface area (Å²) in [5.41, 5.74) is 2.43. The number of anilines is 1. The maximum absolute atomic E-state index is 12.4. The van der Waals surface area contributed by atoms with Crippen LogP contribution in [0.5, 0.6) is 17.5 Å². The third-order valence-electron chi connectivity index (χ3n) is 4.60. The zero-order valence-corrected chi connectivity index (χ0v) is 16.8. The quantitative estimate of drug-likeness (QED) is 0.398. The van der Waals surface area contributed by atoms with E-state index in [1.54, 1.807) is 37.1 Å². The SMILES string of the molecule is O=CC=CN1CC(Nc2cncc(-c3cnc(Oc4cccc(OC(F)F)c4)nc3)c2)C1. The molecule has 3 heterocycles. The van der Waals surface area contributed by atoms with E-state index in [2.05, 4.69) is 25.0 Å². The van der Waals surface area contributed by atoms with Crippen LogP contribution in [0.2, 0.25) is 0 Å². The van der Waals surface area contributed by atoms with Crippen molar-refractivity contribution in [2.45, 2.75) is 12.7 Å². The zero-order chi connectivity index (χ0) is 22.3. The van der Waals surface area contributed by atoms with Crippen molar-refractivity contribution >= 4 is 12.0 Å². The molecule has 8 nitrogen and oxygen atoms in total. The number of benzene rings is 1. The van der Waals surface area contributed by atoms with Gasteiger partial charge in [-0.25, -0.2) is 9.97 Å². The summed E-state index contributed by atoms with van der Waals surface area (Å²) in [6, 6.07) is 8.14. The van der Waals surface area contributed by atoms with E-state index in [1.807, 2.05) is 11.0 Å². The predicted molar refractivity (Wildman–Crippen MR) is 113 cm³/mol. The fourth-order valence-corrected chi connectivity index (χ4v) is 3.13. The molecule has 1 fully saturated rings. The number of allylic oxidation sites excluding steroid dienone is 1. The molecular weight excluding hydrogens is 420 g/mol. The second kappa shape index (κ2) is 9.82. The van der Waals surface area contributed by atoms with Crippen LogP contribution in [0.25, 0.3) is 11.1 Å². The minimum absolute atomic E-state index is 0.0150. The fraction of sp³-hybridized carbons (Fsp3) is 0.182. The lowest BCUT2D eigenvalue weighted by molar-refractivity contribution is -0.104. The molecule has 0 saturated carbocycles. The third-order valence-corrected chi connectivity index (χ3v) is 4.60. The molecule has 32 heavy (non-hydrogen) atoms. The predicted octanol–water partition coefficient (Wildman–Crippen LogP) is 3.74. The van der Waals surface area contributed by atoms with Gasteiger partial charge in [0, 0.05) is 61.3 Å². The van der Waals surface area contributed by atoms with Crippen LogP contribution in [0.15, 0.2) is 67.4 Å². The van der Waals surface area contributed by atoms with E-state index in [0.717, 1.165) is 36.2 Å². The summed E-state index contributed by atoms with van der Waals surface area (Å²) in [5.74, 6) is 0.264. The van der Waals surface area contributed by atoms with Crippen LogP contribution in [-0.4, -0.2) is 51.9 Å². The lowest BCUT2D eigenvalue weighted by atomic mass is 10.1. The van der Waals surface area contributed by atoms with Gasteiger partial charge in [0.25, 0.3) is 0 Å². The van der Waals surface area contributed by atoms with Crippen molar-refractivity contribution in [2.75, 3.05) is 18.4 Å². The normalized spacial score (nSPS) is 13.8. The average molecular weight is 439 g/mol. The molecule has 4 rings (SSSR count). The number of rotatable bonds is 9.